The number of nitrogens with one attached hydrogen (secondary N) is 2. The van der Waals surface area contributed by atoms with Crippen LogP contribution in [0.5, 0.6) is 0 Å². The largest absolute Gasteiger partial charge is 0.383 e. The van der Waals surface area contributed by atoms with Gasteiger partial charge in [0.2, 0.25) is 0 Å². The number of benzene rings is 1. The summed E-state index contributed by atoms with van der Waals surface area (Å²) in [5, 5.41) is 10.8. The Morgan fingerprint density at radius 1 is 1.35 bits per heavy atom. The molecule has 1 aliphatic carbocycles. The summed E-state index contributed by atoms with van der Waals surface area (Å²) in [5.74, 6) is 3.24. The monoisotopic (exact) mass is 469 g/mol. The molecule has 0 spiro atoms. The molecule has 3 aromatic rings. The second-order valence-corrected chi connectivity index (χ2v) is 8.63. The first kappa shape index (κ1) is 22.3. The maximum Gasteiger partial charge on any atom is 0.255 e. The minimum absolute atomic E-state index is 0.0504. The molecular weight excluding hydrogens is 444 g/mol. The van der Waals surface area contributed by atoms with Gasteiger partial charge in [0.25, 0.3) is 5.91 Å². The highest BCUT2D eigenvalue weighted by molar-refractivity contribution is 6.00. The van der Waals surface area contributed by atoms with E-state index in [2.05, 4.69) is 32.6 Å². The lowest BCUT2D eigenvalue weighted by Crippen LogP contribution is -2.25. The number of halogens is 2. The minimum Gasteiger partial charge on any atom is -0.383 e. The number of amides is 1. The number of hydrogen-bond acceptors (Lipinski definition) is 6. The number of aromatic nitrogens is 4. The van der Waals surface area contributed by atoms with Crippen LogP contribution < -0.4 is 16.4 Å². The fourth-order valence-electron chi connectivity index (χ4n) is 4.55. The molecule has 3 heterocycles. The molecule has 34 heavy (non-hydrogen) atoms. The van der Waals surface area contributed by atoms with E-state index in [-0.39, 0.29) is 34.9 Å². The number of rotatable bonds is 6. The second-order valence-electron chi connectivity index (χ2n) is 8.63. The van der Waals surface area contributed by atoms with Crippen LogP contribution in [0, 0.1) is 23.5 Å². The lowest BCUT2D eigenvalue weighted by molar-refractivity contribution is 0.100. The first-order chi connectivity index (χ1) is 16.4. The number of hydrogen-bond donors (Lipinski definition) is 3. The Labute approximate surface area is 194 Å². The summed E-state index contributed by atoms with van der Waals surface area (Å²) in [7, 11) is 3.28. The third-order valence-corrected chi connectivity index (χ3v) is 6.31. The van der Waals surface area contributed by atoms with Crippen LogP contribution >= 0.6 is 0 Å². The maximum atomic E-state index is 15.1. The minimum atomic E-state index is -0.835. The van der Waals surface area contributed by atoms with E-state index in [9.17, 15) is 9.18 Å². The van der Waals surface area contributed by atoms with Crippen LogP contribution in [0.1, 0.15) is 53.0 Å². The predicted molar refractivity (Wildman–Crippen MR) is 122 cm³/mol. The Kier molecular flexibility index (Phi) is 5.71. The number of methoxy groups -OCH3 is 1. The van der Waals surface area contributed by atoms with Crippen LogP contribution in [0.4, 0.5) is 14.6 Å². The van der Waals surface area contributed by atoms with Crippen molar-refractivity contribution in [3.8, 4) is 11.8 Å². The van der Waals surface area contributed by atoms with Crippen molar-refractivity contribution in [1.82, 2.24) is 24.6 Å². The van der Waals surface area contributed by atoms with Gasteiger partial charge in [-0.3, -0.25) is 4.79 Å². The molecule has 1 saturated heterocycles. The third kappa shape index (κ3) is 3.78. The topological polar surface area (TPSA) is 112 Å². The number of ether oxygens (including phenoxy) is 1. The Balaban J connectivity index is 1.54. The fourth-order valence-corrected chi connectivity index (χ4v) is 4.55. The van der Waals surface area contributed by atoms with Crippen molar-refractivity contribution in [3.05, 3.63) is 40.8 Å². The molecule has 1 amide bonds. The SMILES string of the molecule is CNc1c(C(N)=O)c(C#Cc2c(F)cc3c(ncn3C3CC3)c2F)nn1[C@@H]1CN[C@@H](COC)C1. The van der Waals surface area contributed by atoms with E-state index in [4.69, 9.17) is 10.5 Å². The van der Waals surface area contributed by atoms with Crippen molar-refractivity contribution >= 4 is 22.8 Å². The standard InChI is InChI=1S/C23H25F2N7O2/c1-27-23-19(22(26)33)17(30-32(23)14-7-12(10-34-2)28-9-14)6-5-15-16(24)8-18-21(20(15)25)29-11-31(18)13-3-4-13/h8,11-14,27-28H,3-4,7,9-10H2,1-2H3,(H2,26,33)/t12-,14+/m1/s1. The Morgan fingerprint density at radius 2 is 2.15 bits per heavy atom. The van der Waals surface area contributed by atoms with Gasteiger partial charge in [0, 0.05) is 38.9 Å². The molecular formula is C23H25F2N7O2. The summed E-state index contributed by atoms with van der Waals surface area (Å²) in [6.45, 7) is 1.15. The molecule has 9 nitrogen and oxygen atoms in total. The zero-order valence-corrected chi connectivity index (χ0v) is 18.9. The highest BCUT2D eigenvalue weighted by Crippen LogP contribution is 2.38. The number of imidazole rings is 1. The van der Waals surface area contributed by atoms with E-state index < -0.39 is 23.1 Å². The zero-order chi connectivity index (χ0) is 24.0. The zero-order valence-electron chi connectivity index (χ0n) is 18.9. The van der Waals surface area contributed by atoms with Gasteiger partial charge < -0.3 is 25.7 Å². The molecule has 0 radical (unpaired) electrons. The molecule has 0 unspecified atom stereocenters. The van der Waals surface area contributed by atoms with Gasteiger partial charge in [-0.15, -0.1) is 0 Å². The number of nitrogens with zero attached hydrogens (tertiary/aromatic N) is 4. The van der Waals surface area contributed by atoms with E-state index in [1.165, 1.54) is 12.4 Å². The Bertz CT molecular complexity index is 1330. The van der Waals surface area contributed by atoms with Gasteiger partial charge in [0.1, 0.15) is 22.7 Å². The van der Waals surface area contributed by atoms with Gasteiger partial charge in [-0.05, 0) is 25.2 Å². The van der Waals surface area contributed by atoms with Gasteiger partial charge in [-0.25, -0.2) is 18.4 Å². The van der Waals surface area contributed by atoms with Gasteiger partial charge >= 0.3 is 0 Å². The summed E-state index contributed by atoms with van der Waals surface area (Å²) in [5.41, 5.74) is 5.79. The molecule has 1 saturated carbocycles. The number of nitrogens with two attached hydrogens (primary N) is 1. The highest BCUT2D eigenvalue weighted by Gasteiger charge is 2.31. The molecule has 1 aliphatic heterocycles. The molecule has 1 aromatic carbocycles. The number of primary amides is 1. The van der Waals surface area contributed by atoms with Crippen LogP contribution in [0.15, 0.2) is 12.4 Å². The van der Waals surface area contributed by atoms with Crippen molar-refractivity contribution in [2.75, 3.05) is 32.6 Å². The van der Waals surface area contributed by atoms with Crippen LogP contribution in [0.3, 0.4) is 0 Å². The quantitative estimate of drug-likeness (QED) is 0.476. The van der Waals surface area contributed by atoms with E-state index in [0.717, 1.165) is 19.3 Å². The number of fused-ring (bicyclic) bond motifs is 1. The number of carbonyl (C=O) groups excluding carboxylic acids is 1. The van der Waals surface area contributed by atoms with Crippen LogP contribution in [-0.2, 0) is 4.74 Å². The fraction of sp³-hybridized carbons (Fsp3) is 0.435. The second kappa shape index (κ2) is 8.70. The third-order valence-electron chi connectivity index (χ3n) is 6.31. The molecule has 5 rings (SSSR count). The smallest absolute Gasteiger partial charge is 0.255 e. The van der Waals surface area contributed by atoms with E-state index in [0.29, 0.717) is 24.5 Å². The van der Waals surface area contributed by atoms with Crippen LogP contribution in [0.25, 0.3) is 11.0 Å². The number of carbonyl (C=O) groups is 1. The summed E-state index contributed by atoms with van der Waals surface area (Å²) < 4.78 is 38.6. The highest BCUT2D eigenvalue weighted by atomic mass is 19.1. The summed E-state index contributed by atoms with van der Waals surface area (Å²) in [6, 6.07) is 1.55. The van der Waals surface area contributed by atoms with Gasteiger partial charge in [-0.1, -0.05) is 5.92 Å². The van der Waals surface area contributed by atoms with Gasteiger partial charge in [-0.2, -0.15) is 5.10 Å². The van der Waals surface area contributed by atoms with E-state index in [1.807, 2.05) is 0 Å². The van der Waals surface area contributed by atoms with Crippen molar-refractivity contribution in [3.63, 3.8) is 0 Å². The van der Waals surface area contributed by atoms with Gasteiger partial charge in [0.05, 0.1) is 30.1 Å². The Morgan fingerprint density at radius 3 is 2.82 bits per heavy atom. The molecule has 4 N–H and O–H groups in total. The lowest BCUT2D eigenvalue weighted by Gasteiger charge is -2.14. The van der Waals surface area contributed by atoms with Crippen molar-refractivity contribution in [1.29, 1.82) is 0 Å². The first-order valence-corrected chi connectivity index (χ1v) is 11.1. The predicted octanol–water partition coefficient (Wildman–Crippen LogP) is 1.94. The molecule has 2 aliphatic rings. The molecule has 11 heteroatoms. The van der Waals surface area contributed by atoms with E-state index in [1.54, 1.807) is 23.4 Å². The summed E-state index contributed by atoms with van der Waals surface area (Å²) >= 11 is 0. The van der Waals surface area contributed by atoms with Gasteiger partial charge in [0.15, 0.2) is 11.5 Å². The van der Waals surface area contributed by atoms with Crippen LogP contribution in [-0.4, -0.2) is 58.6 Å². The molecule has 2 fully saturated rings. The molecule has 0 bridgehead atoms. The molecule has 2 atom stereocenters. The molecule has 2 aromatic heterocycles. The lowest BCUT2D eigenvalue weighted by atomic mass is 10.1. The average Bonchev–Trinajstić information content (AvgIpc) is 3.22. The van der Waals surface area contributed by atoms with Crippen molar-refractivity contribution in [2.45, 2.75) is 37.4 Å². The summed E-state index contributed by atoms with van der Waals surface area (Å²) in [4.78, 5) is 16.4. The molecule has 178 valence electrons. The van der Waals surface area contributed by atoms with E-state index >= 15 is 4.39 Å². The average molecular weight is 469 g/mol. The first-order valence-electron chi connectivity index (χ1n) is 11.1. The van der Waals surface area contributed by atoms with Crippen molar-refractivity contribution in [2.24, 2.45) is 5.73 Å². The summed E-state index contributed by atoms with van der Waals surface area (Å²) in [6.07, 6.45) is 4.18. The number of anilines is 1. The maximum absolute atomic E-state index is 15.1. The normalized spacial score (nSPS) is 19.9. The van der Waals surface area contributed by atoms with Crippen LogP contribution in [0.2, 0.25) is 0 Å². The van der Waals surface area contributed by atoms with Crippen molar-refractivity contribution < 1.29 is 18.3 Å². The Hall–Kier alpha value is -3.49.